The number of methoxy groups -OCH3 is 1. The van der Waals surface area contributed by atoms with E-state index in [9.17, 15) is 18.8 Å². The molecule has 7 heteroatoms. The minimum absolute atomic E-state index is 0.0183. The summed E-state index contributed by atoms with van der Waals surface area (Å²) in [5.41, 5.74) is 1.82. The molecule has 0 saturated carbocycles. The maximum atomic E-state index is 13.5. The van der Waals surface area contributed by atoms with Crippen molar-refractivity contribution < 1.29 is 28.2 Å². The van der Waals surface area contributed by atoms with Crippen molar-refractivity contribution in [2.45, 2.75) is 13.8 Å². The molecular formula is C19H18FNO5. The number of hydrogen-bond acceptors (Lipinski definition) is 5. The van der Waals surface area contributed by atoms with Crippen LogP contribution in [0.3, 0.4) is 0 Å². The molecule has 1 N–H and O–H groups in total. The number of anilines is 1. The minimum atomic E-state index is -0.806. The zero-order valence-electron chi connectivity index (χ0n) is 14.6. The largest absolute Gasteiger partial charge is 0.465 e. The van der Waals surface area contributed by atoms with Gasteiger partial charge in [0.15, 0.2) is 6.61 Å². The molecule has 0 heterocycles. The fraction of sp³-hybridized carbons (Fsp3) is 0.211. The van der Waals surface area contributed by atoms with Gasteiger partial charge in [-0.15, -0.1) is 0 Å². The van der Waals surface area contributed by atoms with Crippen LogP contribution >= 0.6 is 0 Å². The maximum Gasteiger partial charge on any atom is 0.338 e. The van der Waals surface area contributed by atoms with Gasteiger partial charge >= 0.3 is 11.9 Å². The Bertz CT molecular complexity index is 863. The van der Waals surface area contributed by atoms with Gasteiger partial charge in [0.1, 0.15) is 5.82 Å². The highest BCUT2D eigenvalue weighted by molar-refractivity contribution is 5.97. The highest BCUT2D eigenvalue weighted by Gasteiger charge is 2.14. The van der Waals surface area contributed by atoms with E-state index >= 15 is 0 Å². The SMILES string of the molecule is COC(=O)c1ccc(C)c(NC(=O)COC(=O)c2ccc(C)c(F)c2)c1. The molecule has 0 aliphatic carbocycles. The van der Waals surface area contributed by atoms with Crippen molar-refractivity contribution in [2.75, 3.05) is 19.0 Å². The average molecular weight is 359 g/mol. The number of nitrogens with one attached hydrogen (secondary N) is 1. The number of halogens is 1. The third kappa shape index (κ3) is 4.66. The van der Waals surface area contributed by atoms with Gasteiger partial charge in [-0.3, -0.25) is 4.79 Å². The molecule has 0 radical (unpaired) electrons. The summed E-state index contributed by atoms with van der Waals surface area (Å²) in [5.74, 6) is -2.46. The van der Waals surface area contributed by atoms with Gasteiger partial charge in [-0.1, -0.05) is 12.1 Å². The van der Waals surface area contributed by atoms with E-state index < -0.39 is 30.3 Å². The predicted molar refractivity (Wildman–Crippen MR) is 92.6 cm³/mol. The summed E-state index contributed by atoms with van der Waals surface area (Å²) in [6.07, 6.45) is 0. The number of hydrogen-bond donors (Lipinski definition) is 1. The highest BCUT2D eigenvalue weighted by atomic mass is 19.1. The smallest absolute Gasteiger partial charge is 0.338 e. The topological polar surface area (TPSA) is 81.7 Å². The average Bonchev–Trinajstić information content (AvgIpc) is 2.63. The van der Waals surface area contributed by atoms with Crippen molar-refractivity contribution >= 4 is 23.5 Å². The number of benzene rings is 2. The van der Waals surface area contributed by atoms with Gasteiger partial charge in [-0.25, -0.2) is 14.0 Å². The third-order valence-corrected chi connectivity index (χ3v) is 3.67. The van der Waals surface area contributed by atoms with Gasteiger partial charge in [0.05, 0.1) is 18.2 Å². The van der Waals surface area contributed by atoms with Crippen LogP contribution in [0.15, 0.2) is 36.4 Å². The Labute approximate surface area is 149 Å². The lowest BCUT2D eigenvalue weighted by molar-refractivity contribution is -0.119. The Morgan fingerprint density at radius 2 is 1.58 bits per heavy atom. The quantitative estimate of drug-likeness (QED) is 0.830. The second-order valence-corrected chi connectivity index (χ2v) is 5.61. The number of rotatable bonds is 5. The first-order chi connectivity index (χ1) is 12.3. The minimum Gasteiger partial charge on any atom is -0.465 e. The van der Waals surface area contributed by atoms with Crippen LogP contribution < -0.4 is 5.32 Å². The number of amides is 1. The zero-order chi connectivity index (χ0) is 19.3. The molecular weight excluding hydrogens is 341 g/mol. The molecule has 0 aromatic heterocycles. The Morgan fingerprint density at radius 1 is 0.962 bits per heavy atom. The van der Waals surface area contributed by atoms with E-state index in [1.165, 1.54) is 25.3 Å². The van der Waals surface area contributed by atoms with Crippen LogP contribution in [-0.4, -0.2) is 31.6 Å². The first kappa shape index (κ1) is 19.1. The molecule has 2 rings (SSSR count). The van der Waals surface area contributed by atoms with E-state index in [0.29, 0.717) is 11.3 Å². The van der Waals surface area contributed by atoms with Crippen molar-refractivity contribution in [3.8, 4) is 0 Å². The fourth-order valence-corrected chi connectivity index (χ4v) is 2.12. The van der Waals surface area contributed by atoms with Gasteiger partial charge in [-0.2, -0.15) is 0 Å². The second kappa shape index (κ2) is 8.24. The Kier molecular flexibility index (Phi) is 6.06. The third-order valence-electron chi connectivity index (χ3n) is 3.67. The number of carbonyl (C=O) groups is 3. The number of esters is 2. The van der Waals surface area contributed by atoms with Crippen molar-refractivity contribution in [1.29, 1.82) is 0 Å². The van der Waals surface area contributed by atoms with Crippen LogP contribution in [0.25, 0.3) is 0 Å². The van der Waals surface area contributed by atoms with Gasteiger partial charge < -0.3 is 14.8 Å². The summed E-state index contributed by atoms with van der Waals surface area (Å²) in [7, 11) is 1.26. The molecule has 0 saturated heterocycles. The lowest BCUT2D eigenvalue weighted by Gasteiger charge is -2.10. The molecule has 2 aromatic rings. The van der Waals surface area contributed by atoms with E-state index in [2.05, 4.69) is 10.1 Å². The molecule has 0 fully saturated rings. The van der Waals surface area contributed by atoms with Crippen LogP contribution in [0.2, 0.25) is 0 Å². The summed E-state index contributed by atoms with van der Waals surface area (Å²) in [4.78, 5) is 35.4. The van der Waals surface area contributed by atoms with E-state index in [1.807, 2.05) is 0 Å². The van der Waals surface area contributed by atoms with Crippen LogP contribution in [0.5, 0.6) is 0 Å². The summed E-state index contributed by atoms with van der Waals surface area (Å²) in [6, 6.07) is 8.62. The lowest BCUT2D eigenvalue weighted by Crippen LogP contribution is -2.21. The van der Waals surface area contributed by atoms with Crippen LogP contribution in [0.4, 0.5) is 10.1 Å². The van der Waals surface area contributed by atoms with Crippen LogP contribution in [0.1, 0.15) is 31.8 Å². The monoisotopic (exact) mass is 359 g/mol. The standard InChI is InChI=1S/C19H18FNO5/c1-11-4-6-13(8-15(11)20)19(24)26-10-17(22)21-16-9-14(18(23)25-3)7-5-12(16)2/h4-9H,10H2,1-3H3,(H,21,22). The van der Waals surface area contributed by atoms with E-state index in [4.69, 9.17) is 4.74 Å². The zero-order valence-corrected chi connectivity index (χ0v) is 14.6. The molecule has 0 spiro atoms. The first-order valence-corrected chi connectivity index (χ1v) is 7.74. The molecule has 1 amide bonds. The highest BCUT2D eigenvalue weighted by Crippen LogP contribution is 2.17. The molecule has 0 atom stereocenters. The maximum absolute atomic E-state index is 13.5. The van der Waals surface area contributed by atoms with Gasteiger partial charge in [0.25, 0.3) is 5.91 Å². The molecule has 0 bridgehead atoms. The lowest BCUT2D eigenvalue weighted by atomic mass is 10.1. The first-order valence-electron chi connectivity index (χ1n) is 7.74. The summed E-state index contributed by atoms with van der Waals surface area (Å²) >= 11 is 0. The normalized spacial score (nSPS) is 10.2. The van der Waals surface area contributed by atoms with Gasteiger partial charge in [0.2, 0.25) is 0 Å². The van der Waals surface area contributed by atoms with Gasteiger partial charge in [0, 0.05) is 5.69 Å². The molecule has 136 valence electrons. The van der Waals surface area contributed by atoms with Crippen LogP contribution in [0, 0.1) is 19.7 Å². The Hall–Kier alpha value is -3.22. The predicted octanol–water partition coefficient (Wildman–Crippen LogP) is 3.02. The molecule has 6 nitrogen and oxygen atoms in total. The van der Waals surface area contributed by atoms with E-state index in [0.717, 1.165) is 11.6 Å². The summed E-state index contributed by atoms with van der Waals surface area (Å²) < 4.78 is 23.0. The molecule has 2 aromatic carbocycles. The molecule has 0 aliphatic rings. The second-order valence-electron chi connectivity index (χ2n) is 5.61. The van der Waals surface area contributed by atoms with Crippen molar-refractivity contribution in [1.82, 2.24) is 0 Å². The Balaban J connectivity index is 1.99. The van der Waals surface area contributed by atoms with Crippen molar-refractivity contribution in [3.63, 3.8) is 0 Å². The van der Waals surface area contributed by atoms with Crippen molar-refractivity contribution in [2.24, 2.45) is 0 Å². The van der Waals surface area contributed by atoms with Crippen LogP contribution in [-0.2, 0) is 14.3 Å². The van der Waals surface area contributed by atoms with E-state index in [1.54, 1.807) is 26.0 Å². The molecule has 26 heavy (non-hydrogen) atoms. The number of carbonyl (C=O) groups excluding carboxylic acids is 3. The fourth-order valence-electron chi connectivity index (χ4n) is 2.12. The summed E-state index contributed by atoms with van der Waals surface area (Å²) in [5, 5.41) is 2.56. The molecule has 0 unspecified atom stereocenters. The summed E-state index contributed by atoms with van der Waals surface area (Å²) in [6.45, 7) is 2.77. The Morgan fingerprint density at radius 3 is 2.19 bits per heavy atom. The number of aryl methyl sites for hydroxylation is 2. The molecule has 0 aliphatic heterocycles. The van der Waals surface area contributed by atoms with Crippen molar-refractivity contribution in [3.05, 3.63) is 64.5 Å². The van der Waals surface area contributed by atoms with E-state index in [-0.39, 0.29) is 11.1 Å². The van der Waals surface area contributed by atoms with Gasteiger partial charge in [-0.05, 0) is 49.2 Å². The number of ether oxygens (including phenoxy) is 2.